The van der Waals surface area contributed by atoms with Crippen molar-refractivity contribution in [3.63, 3.8) is 0 Å². The fourth-order valence-electron chi connectivity index (χ4n) is 3.39. The van der Waals surface area contributed by atoms with Crippen LogP contribution in [0.1, 0.15) is 16.8 Å². The van der Waals surface area contributed by atoms with Gasteiger partial charge in [0.15, 0.2) is 0 Å². The lowest BCUT2D eigenvalue weighted by Crippen LogP contribution is -2.02. The summed E-state index contributed by atoms with van der Waals surface area (Å²) in [6.07, 6.45) is 3.46. The number of pyridine rings is 1. The van der Waals surface area contributed by atoms with Gasteiger partial charge in [-0.25, -0.2) is 0 Å². The summed E-state index contributed by atoms with van der Waals surface area (Å²) in [6.45, 7) is 0. The van der Waals surface area contributed by atoms with E-state index in [1.165, 1.54) is 0 Å². The normalized spacial score (nSPS) is 10.9. The number of hydrogen-bond acceptors (Lipinski definition) is 5. The van der Waals surface area contributed by atoms with Crippen LogP contribution < -0.4 is 4.74 Å². The lowest BCUT2D eigenvalue weighted by atomic mass is 9.99. The summed E-state index contributed by atoms with van der Waals surface area (Å²) < 4.78 is 5.41. The zero-order chi connectivity index (χ0) is 22.0. The third-order valence-electron chi connectivity index (χ3n) is 4.94. The summed E-state index contributed by atoms with van der Waals surface area (Å²) in [5.41, 5.74) is 3.66. The first-order valence-corrected chi connectivity index (χ1v) is 10.1. The van der Waals surface area contributed by atoms with E-state index in [0.29, 0.717) is 33.5 Å². The van der Waals surface area contributed by atoms with Crippen LogP contribution in [0, 0.1) is 0 Å². The van der Waals surface area contributed by atoms with Crippen LogP contribution in [0.4, 0.5) is 0 Å². The maximum Gasteiger partial charge on any atom is 0.307 e. The van der Waals surface area contributed by atoms with Gasteiger partial charge in [0.25, 0.3) is 0 Å². The average Bonchev–Trinajstić information content (AvgIpc) is 2.76. The highest BCUT2D eigenvalue weighted by molar-refractivity contribution is 6.35. The Labute approximate surface area is 188 Å². The monoisotopic (exact) mass is 453 g/mol. The molecule has 0 aliphatic rings. The average molecular weight is 454 g/mol. The largest absolute Gasteiger partial charge is 0.497 e. The first-order valence-electron chi connectivity index (χ1n) is 9.38. The minimum absolute atomic E-state index is 0.0348. The second-order valence-electron chi connectivity index (χ2n) is 6.93. The first-order chi connectivity index (χ1) is 15.0. The quantitative estimate of drug-likeness (QED) is 0.430. The summed E-state index contributed by atoms with van der Waals surface area (Å²) in [6, 6.07) is 13.0. The Balaban J connectivity index is 1.82. The number of aromatic nitrogens is 3. The molecule has 4 rings (SSSR count). The molecule has 0 fully saturated rings. The van der Waals surface area contributed by atoms with Crippen LogP contribution in [0.3, 0.4) is 0 Å². The van der Waals surface area contributed by atoms with E-state index in [1.54, 1.807) is 31.6 Å². The third kappa shape index (κ3) is 4.45. The minimum atomic E-state index is -0.875. The predicted molar refractivity (Wildman–Crippen MR) is 120 cm³/mol. The van der Waals surface area contributed by atoms with Gasteiger partial charge in [-0.3, -0.25) is 9.78 Å². The number of aliphatic carboxylic acids is 1. The summed E-state index contributed by atoms with van der Waals surface area (Å²) in [7, 11) is 1.60. The van der Waals surface area contributed by atoms with Crippen LogP contribution in [0.25, 0.3) is 22.0 Å². The molecule has 4 aromatic rings. The van der Waals surface area contributed by atoms with Crippen molar-refractivity contribution in [3.05, 3.63) is 81.7 Å². The Morgan fingerprint density at radius 2 is 1.71 bits per heavy atom. The molecule has 2 aromatic carbocycles. The Morgan fingerprint density at radius 1 is 1.00 bits per heavy atom. The molecule has 0 amide bonds. The number of carboxylic acid groups (broad SMARTS) is 1. The second-order valence-corrected chi connectivity index (χ2v) is 7.75. The third-order valence-corrected chi connectivity index (χ3v) is 5.59. The molecule has 1 N–H and O–H groups in total. The first kappa shape index (κ1) is 21.0. The highest BCUT2D eigenvalue weighted by atomic mass is 35.5. The predicted octanol–water partition coefficient (Wildman–Crippen LogP) is 5.23. The molecule has 2 heterocycles. The van der Waals surface area contributed by atoms with Crippen molar-refractivity contribution < 1.29 is 14.6 Å². The van der Waals surface area contributed by atoms with Gasteiger partial charge in [0.1, 0.15) is 11.4 Å². The molecule has 156 valence electrons. The number of halogens is 2. The van der Waals surface area contributed by atoms with Gasteiger partial charge in [-0.2, -0.15) is 5.10 Å². The minimum Gasteiger partial charge on any atom is -0.497 e. The van der Waals surface area contributed by atoms with Crippen molar-refractivity contribution in [1.82, 2.24) is 15.2 Å². The number of methoxy groups -OCH3 is 1. The summed E-state index contributed by atoms with van der Waals surface area (Å²) in [5, 5.41) is 20.6. The van der Waals surface area contributed by atoms with Crippen molar-refractivity contribution >= 4 is 39.9 Å². The Kier molecular flexibility index (Phi) is 6.02. The maximum atomic E-state index is 10.9. The van der Waals surface area contributed by atoms with Crippen LogP contribution >= 0.6 is 23.2 Å². The molecule has 0 atom stereocenters. The van der Waals surface area contributed by atoms with Crippen molar-refractivity contribution in [2.75, 3.05) is 7.11 Å². The van der Waals surface area contributed by atoms with Crippen LogP contribution in [0.5, 0.6) is 5.75 Å². The van der Waals surface area contributed by atoms with Crippen molar-refractivity contribution in [2.24, 2.45) is 0 Å². The van der Waals surface area contributed by atoms with Crippen LogP contribution in [0.15, 0.2) is 54.9 Å². The number of carbonyl (C=O) groups is 1. The highest BCUT2D eigenvalue weighted by Gasteiger charge is 2.16. The summed E-state index contributed by atoms with van der Waals surface area (Å²) in [5.74, 6) is -0.185. The smallest absolute Gasteiger partial charge is 0.307 e. The Hall–Kier alpha value is -3.22. The molecule has 0 unspecified atom stereocenters. The molecule has 0 aliphatic carbocycles. The van der Waals surface area contributed by atoms with Gasteiger partial charge < -0.3 is 9.84 Å². The van der Waals surface area contributed by atoms with Crippen LogP contribution in [0.2, 0.25) is 10.0 Å². The van der Waals surface area contributed by atoms with E-state index in [0.717, 1.165) is 27.6 Å². The standard InChI is InChI=1S/C23H17Cl2N3O3/c1-31-15-6-7-16-17(9-15)23(14-4-2-13(3-5-14)8-22(29)30)28-27-21(16)10-18-19(24)11-26-12-20(18)25/h2-7,9,11-12H,8,10H2,1H3,(H,29,30). The SMILES string of the molecule is COc1ccc2c(Cc3c(Cl)cncc3Cl)nnc(-c3ccc(CC(=O)O)cc3)c2c1. The number of fused-ring (bicyclic) bond motifs is 1. The molecular formula is C23H17Cl2N3O3. The van der Waals surface area contributed by atoms with Crippen molar-refractivity contribution in [3.8, 4) is 17.0 Å². The summed E-state index contributed by atoms with van der Waals surface area (Å²) in [4.78, 5) is 14.9. The molecule has 6 nitrogen and oxygen atoms in total. The van der Waals surface area contributed by atoms with E-state index in [2.05, 4.69) is 15.2 Å². The molecule has 0 radical (unpaired) electrons. The van der Waals surface area contributed by atoms with E-state index < -0.39 is 5.97 Å². The zero-order valence-corrected chi connectivity index (χ0v) is 18.0. The Morgan fingerprint density at radius 3 is 2.35 bits per heavy atom. The van der Waals surface area contributed by atoms with E-state index in [9.17, 15) is 4.79 Å². The van der Waals surface area contributed by atoms with Gasteiger partial charge in [0.2, 0.25) is 0 Å². The number of ether oxygens (including phenoxy) is 1. The lowest BCUT2D eigenvalue weighted by Gasteiger charge is -2.12. The van der Waals surface area contributed by atoms with Crippen LogP contribution in [-0.2, 0) is 17.6 Å². The van der Waals surface area contributed by atoms with Gasteiger partial charge in [-0.15, -0.1) is 5.10 Å². The number of nitrogens with zero attached hydrogens (tertiary/aromatic N) is 3. The molecule has 0 saturated heterocycles. The molecule has 31 heavy (non-hydrogen) atoms. The van der Waals surface area contributed by atoms with E-state index in [-0.39, 0.29) is 6.42 Å². The molecule has 0 saturated carbocycles. The summed E-state index contributed by atoms with van der Waals surface area (Å²) >= 11 is 12.6. The fourth-order valence-corrected chi connectivity index (χ4v) is 3.89. The van der Waals surface area contributed by atoms with Gasteiger partial charge in [-0.05, 0) is 29.3 Å². The molecular weight excluding hydrogens is 437 g/mol. The van der Waals surface area contributed by atoms with Crippen molar-refractivity contribution in [1.29, 1.82) is 0 Å². The van der Waals surface area contributed by atoms with Crippen molar-refractivity contribution in [2.45, 2.75) is 12.8 Å². The molecule has 8 heteroatoms. The van der Waals surface area contributed by atoms with Gasteiger partial charge >= 0.3 is 5.97 Å². The number of benzene rings is 2. The zero-order valence-electron chi connectivity index (χ0n) is 16.5. The number of rotatable bonds is 6. The van der Waals surface area contributed by atoms with E-state index in [1.807, 2.05) is 30.3 Å². The van der Waals surface area contributed by atoms with E-state index >= 15 is 0 Å². The number of carboxylic acids is 1. The van der Waals surface area contributed by atoms with Gasteiger partial charge in [-0.1, -0.05) is 47.5 Å². The second kappa shape index (κ2) is 8.88. The molecule has 0 spiro atoms. The molecule has 0 aliphatic heterocycles. The topological polar surface area (TPSA) is 85.2 Å². The van der Waals surface area contributed by atoms with E-state index in [4.69, 9.17) is 33.0 Å². The molecule has 0 bridgehead atoms. The van der Waals surface area contributed by atoms with Gasteiger partial charge in [0.05, 0.1) is 29.3 Å². The molecule has 2 aromatic heterocycles. The lowest BCUT2D eigenvalue weighted by molar-refractivity contribution is -0.136. The fraction of sp³-hybridized carbons (Fsp3) is 0.130. The maximum absolute atomic E-state index is 10.9. The van der Waals surface area contributed by atoms with Gasteiger partial charge in [0, 0.05) is 35.2 Å². The Bertz CT molecular complexity index is 1260. The highest BCUT2D eigenvalue weighted by Crippen LogP contribution is 2.33. The van der Waals surface area contributed by atoms with Crippen LogP contribution in [-0.4, -0.2) is 33.4 Å². The number of hydrogen-bond donors (Lipinski definition) is 1.